The lowest BCUT2D eigenvalue weighted by Gasteiger charge is -2.13. The summed E-state index contributed by atoms with van der Waals surface area (Å²) in [4.78, 5) is 13.1. The van der Waals surface area contributed by atoms with Gasteiger partial charge in [-0.3, -0.25) is 0 Å². The highest BCUT2D eigenvalue weighted by atomic mass is 32.9. The monoisotopic (exact) mass is 572 g/mol. The average Bonchev–Trinajstić information content (AvgIpc) is 3.37. The van der Waals surface area contributed by atoms with Crippen molar-refractivity contribution in [2.24, 2.45) is 0 Å². The van der Waals surface area contributed by atoms with Crippen LogP contribution in [0.5, 0.6) is 17.2 Å². The van der Waals surface area contributed by atoms with Crippen molar-refractivity contribution in [2.45, 2.75) is 51.9 Å². The third-order valence-electron chi connectivity index (χ3n) is 5.95. The van der Waals surface area contributed by atoms with Crippen molar-refractivity contribution in [3.05, 3.63) is 64.5 Å². The topological polar surface area (TPSA) is 54.0 Å². The first-order valence-electron chi connectivity index (χ1n) is 13.0. The molecule has 204 valence electrons. The zero-order valence-corrected chi connectivity index (χ0v) is 24.6. The van der Waals surface area contributed by atoms with Crippen LogP contribution < -0.4 is 14.2 Å². The zero-order chi connectivity index (χ0) is 27.2. The molecular weight excluding hydrogens is 537 g/mol. The molecule has 0 bridgehead atoms. The molecule has 2 aromatic carbocycles. The summed E-state index contributed by atoms with van der Waals surface area (Å²) in [5, 5.41) is 0. The number of hydrogen-bond donors (Lipinski definition) is 0. The Morgan fingerprint density at radius 3 is 2.11 bits per heavy atom. The van der Waals surface area contributed by atoms with Crippen molar-refractivity contribution in [2.75, 3.05) is 26.9 Å². The Bertz CT molecular complexity index is 1210. The third kappa shape index (κ3) is 9.57. The maximum atomic E-state index is 11.9. The summed E-state index contributed by atoms with van der Waals surface area (Å²) in [6.45, 7) is 7.28. The first-order valence-corrected chi connectivity index (χ1v) is 15.6. The molecule has 0 fully saturated rings. The Morgan fingerprint density at radius 2 is 1.50 bits per heavy atom. The van der Waals surface area contributed by atoms with E-state index in [0.717, 1.165) is 35.4 Å². The van der Waals surface area contributed by atoms with Gasteiger partial charge in [0.1, 0.15) is 9.57 Å². The highest BCUT2D eigenvalue weighted by Gasteiger charge is 2.14. The number of ether oxygens (including phenoxy) is 4. The van der Waals surface area contributed by atoms with Crippen molar-refractivity contribution < 1.29 is 23.7 Å². The van der Waals surface area contributed by atoms with Gasteiger partial charge in [0.25, 0.3) is 0 Å². The van der Waals surface area contributed by atoms with Gasteiger partial charge in [-0.05, 0) is 73.4 Å². The largest absolute Gasteiger partial charge is 0.494 e. The van der Waals surface area contributed by atoms with Gasteiger partial charge in [0.15, 0.2) is 11.5 Å². The second-order valence-corrected chi connectivity index (χ2v) is 11.7. The van der Waals surface area contributed by atoms with Gasteiger partial charge in [0, 0.05) is 4.88 Å². The molecule has 0 aliphatic rings. The molecule has 0 atom stereocenters. The Kier molecular flexibility index (Phi) is 12.8. The van der Waals surface area contributed by atoms with E-state index in [1.165, 1.54) is 36.1 Å². The fraction of sp³-hybridized carbons (Fsp3) is 0.400. The number of carbonyl (C=O) groups is 1. The van der Waals surface area contributed by atoms with E-state index >= 15 is 0 Å². The van der Waals surface area contributed by atoms with Crippen LogP contribution in [0.25, 0.3) is 16.0 Å². The molecule has 5 nitrogen and oxygen atoms in total. The normalized spacial score (nSPS) is 10.7. The highest BCUT2D eigenvalue weighted by molar-refractivity contribution is 7.80. The molecule has 0 radical (unpaired) electrons. The maximum absolute atomic E-state index is 11.9. The molecule has 3 aromatic rings. The molecule has 1 aromatic heterocycles. The number of hydrogen-bond acceptors (Lipinski definition) is 8. The Hall–Kier alpha value is -2.68. The first kappa shape index (κ1) is 29.9. The van der Waals surface area contributed by atoms with Crippen LogP contribution in [0.1, 0.15) is 57.4 Å². The van der Waals surface area contributed by atoms with Gasteiger partial charge in [-0.1, -0.05) is 77.6 Å². The van der Waals surface area contributed by atoms with Crippen LogP contribution in [0.3, 0.4) is 0 Å². The molecule has 0 unspecified atom stereocenters. The average molecular weight is 573 g/mol. The van der Waals surface area contributed by atoms with E-state index in [1.54, 1.807) is 46.8 Å². The number of methoxy groups -OCH3 is 1. The molecular formula is C30H36O5S3. The lowest BCUT2D eigenvalue weighted by molar-refractivity contribution is -0.136. The molecule has 0 spiro atoms. The number of esters is 1. The number of benzene rings is 2. The zero-order valence-electron chi connectivity index (χ0n) is 22.2. The minimum atomic E-state index is -0.428. The van der Waals surface area contributed by atoms with Crippen molar-refractivity contribution in [3.8, 4) is 27.7 Å². The maximum Gasteiger partial charge on any atom is 0.338 e. The van der Waals surface area contributed by atoms with Crippen LogP contribution in [0.2, 0.25) is 0 Å². The van der Waals surface area contributed by atoms with E-state index in [1.807, 2.05) is 18.2 Å². The summed E-state index contributed by atoms with van der Waals surface area (Å²) < 4.78 is 23.2. The molecule has 8 heteroatoms. The van der Waals surface area contributed by atoms with Crippen LogP contribution in [-0.4, -0.2) is 32.9 Å². The summed E-state index contributed by atoms with van der Waals surface area (Å²) in [5.41, 5.74) is 2.16. The fourth-order valence-corrected chi connectivity index (χ4v) is 6.26. The van der Waals surface area contributed by atoms with Gasteiger partial charge >= 0.3 is 5.97 Å². The molecule has 1 heterocycles. The molecule has 0 aliphatic carbocycles. The molecule has 0 amide bonds. The smallest absolute Gasteiger partial charge is 0.338 e. The highest BCUT2D eigenvalue weighted by Crippen LogP contribution is 2.32. The molecule has 0 saturated carbocycles. The molecule has 0 N–H and O–H groups in total. The van der Waals surface area contributed by atoms with Crippen LogP contribution in [-0.2, 0) is 9.53 Å². The van der Waals surface area contributed by atoms with Crippen LogP contribution in [0, 0.1) is 3.82 Å². The first-order chi connectivity index (χ1) is 18.5. The second kappa shape index (κ2) is 16.3. The standard InChI is InChI=1S/C30H36O5S3/c1-4-33-30(31)22(2)24-14-17-26(27(20-24)32-3)35-19-11-9-7-5-6-8-10-18-34-25-15-12-23(13-16-25)28-21-29(36)38-37-28/h12-17,20-21H,2,4-11,18-19H2,1,3H3. The third-order valence-corrected chi connectivity index (χ3v) is 8.86. The van der Waals surface area contributed by atoms with Crippen LogP contribution >= 0.6 is 32.9 Å². The van der Waals surface area contributed by atoms with E-state index in [2.05, 4.69) is 24.8 Å². The summed E-state index contributed by atoms with van der Waals surface area (Å²) in [6.07, 6.45) is 7.97. The number of unbranched alkanes of at least 4 members (excludes halogenated alkanes) is 6. The number of carbonyl (C=O) groups excluding carboxylic acids is 1. The van der Waals surface area contributed by atoms with E-state index in [9.17, 15) is 4.79 Å². The number of rotatable bonds is 17. The molecule has 0 aliphatic heterocycles. The van der Waals surface area contributed by atoms with Crippen molar-refractivity contribution >= 4 is 44.4 Å². The summed E-state index contributed by atoms with van der Waals surface area (Å²) in [6, 6.07) is 15.7. The van der Waals surface area contributed by atoms with Crippen LogP contribution in [0.15, 0.2) is 55.1 Å². The lowest BCUT2D eigenvalue weighted by Crippen LogP contribution is -2.06. The van der Waals surface area contributed by atoms with Crippen LogP contribution in [0.4, 0.5) is 0 Å². The SMILES string of the molecule is C=C(C(=O)OCC)c1ccc(OCCCCCCCCCOc2ccc(-c3cc(=S)ss3)cc2)c(OC)c1. The predicted molar refractivity (Wildman–Crippen MR) is 160 cm³/mol. The van der Waals surface area contributed by atoms with Gasteiger partial charge in [-0.25, -0.2) is 4.79 Å². The minimum Gasteiger partial charge on any atom is -0.494 e. The lowest BCUT2D eigenvalue weighted by atomic mass is 10.1. The van der Waals surface area contributed by atoms with Crippen molar-refractivity contribution in [3.63, 3.8) is 0 Å². The summed E-state index contributed by atoms with van der Waals surface area (Å²) in [7, 11) is 4.94. The Labute approximate surface area is 238 Å². The van der Waals surface area contributed by atoms with Gasteiger partial charge in [-0.15, -0.1) is 0 Å². The Morgan fingerprint density at radius 1 is 0.842 bits per heavy atom. The summed E-state index contributed by atoms with van der Waals surface area (Å²) >= 11 is 5.22. The van der Waals surface area contributed by atoms with E-state index in [4.69, 9.17) is 31.2 Å². The summed E-state index contributed by atoms with van der Waals surface area (Å²) in [5.74, 6) is 1.74. The fourth-order valence-electron chi connectivity index (χ4n) is 3.86. The molecule has 38 heavy (non-hydrogen) atoms. The minimum absolute atomic E-state index is 0.305. The molecule has 0 saturated heterocycles. The van der Waals surface area contributed by atoms with E-state index in [-0.39, 0.29) is 0 Å². The molecule has 3 rings (SSSR count). The van der Waals surface area contributed by atoms with Crippen molar-refractivity contribution in [1.29, 1.82) is 0 Å². The predicted octanol–water partition coefficient (Wildman–Crippen LogP) is 8.98. The van der Waals surface area contributed by atoms with Gasteiger partial charge in [-0.2, -0.15) is 0 Å². The van der Waals surface area contributed by atoms with Gasteiger partial charge in [0.2, 0.25) is 0 Å². The Balaban J connectivity index is 1.23. The quantitative estimate of drug-likeness (QED) is 0.0529. The van der Waals surface area contributed by atoms with Gasteiger partial charge < -0.3 is 18.9 Å². The van der Waals surface area contributed by atoms with Crippen molar-refractivity contribution in [1.82, 2.24) is 0 Å². The van der Waals surface area contributed by atoms with Gasteiger partial charge in [0.05, 0.1) is 32.5 Å². The second-order valence-electron chi connectivity index (χ2n) is 8.76. The van der Waals surface area contributed by atoms with E-state index in [0.29, 0.717) is 35.8 Å². The van der Waals surface area contributed by atoms with E-state index < -0.39 is 5.97 Å².